The number of ether oxygens (including phenoxy) is 2. The van der Waals surface area contributed by atoms with Crippen molar-refractivity contribution in [3.8, 4) is 17.8 Å². The molecular weight excluding hydrogens is 292 g/mol. The Kier molecular flexibility index (Phi) is 4.90. The van der Waals surface area contributed by atoms with Crippen LogP contribution in [0.15, 0.2) is 12.1 Å². The Balaban J connectivity index is 2.29. The van der Waals surface area contributed by atoms with Gasteiger partial charge in [0.2, 0.25) is 5.28 Å². The lowest BCUT2D eigenvalue weighted by Crippen LogP contribution is -2.09. The summed E-state index contributed by atoms with van der Waals surface area (Å²) < 4.78 is 11.1. The van der Waals surface area contributed by atoms with Crippen LogP contribution >= 0.6 is 11.6 Å². The molecule has 0 radical (unpaired) electrons. The van der Waals surface area contributed by atoms with Crippen molar-refractivity contribution in [2.24, 2.45) is 0 Å². The Morgan fingerprint density at radius 3 is 2.48 bits per heavy atom. The minimum atomic E-state index is -0.0661. The summed E-state index contributed by atoms with van der Waals surface area (Å²) in [6.45, 7) is 7.67. The van der Waals surface area contributed by atoms with Gasteiger partial charge in [-0.25, -0.2) is 0 Å². The number of pyridine rings is 1. The van der Waals surface area contributed by atoms with Crippen molar-refractivity contribution in [1.29, 1.82) is 0 Å². The van der Waals surface area contributed by atoms with Gasteiger partial charge in [-0.1, -0.05) is 6.92 Å². The first-order valence-corrected chi connectivity index (χ1v) is 7.08. The molecule has 0 aliphatic heterocycles. The van der Waals surface area contributed by atoms with Gasteiger partial charge < -0.3 is 9.47 Å². The average Bonchev–Trinajstić information content (AvgIpc) is 2.39. The summed E-state index contributed by atoms with van der Waals surface area (Å²) in [7, 11) is 0. The summed E-state index contributed by atoms with van der Waals surface area (Å²) in [5, 5.41) is 0.0220. The van der Waals surface area contributed by atoms with Gasteiger partial charge in [-0.15, -0.1) is 4.98 Å². The smallest absolute Gasteiger partial charge is 0.329 e. The fraction of sp³-hybridized carbons (Fsp3) is 0.429. The van der Waals surface area contributed by atoms with E-state index in [2.05, 4.69) is 19.9 Å². The van der Waals surface area contributed by atoms with Gasteiger partial charge in [0.1, 0.15) is 0 Å². The highest BCUT2D eigenvalue weighted by Crippen LogP contribution is 2.24. The van der Waals surface area contributed by atoms with Crippen molar-refractivity contribution in [1.82, 2.24) is 19.9 Å². The number of rotatable bonds is 5. The largest absolute Gasteiger partial charge is 0.461 e. The molecule has 0 N–H and O–H groups in total. The Labute approximate surface area is 128 Å². The highest BCUT2D eigenvalue weighted by Gasteiger charge is 2.12. The molecule has 0 fully saturated rings. The van der Waals surface area contributed by atoms with E-state index in [0.29, 0.717) is 5.75 Å². The van der Waals surface area contributed by atoms with E-state index in [0.717, 1.165) is 17.8 Å². The second-order valence-electron chi connectivity index (χ2n) is 4.69. The molecule has 0 saturated carbocycles. The maximum atomic E-state index is 5.86. The van der Waals surface area contributed by atoms with E-state index < -0.39 is 0 Å². The lowest BCUT2D eigenvalue weighted by Gasteiger charge is -2.11. The standard InChI is InChI=1S/C14H17ClN4O2/c1-5-10-11(7-6-9(4)16-10)21-14-18-12(15)17-13(19-14)20-8(2)3/h6-8H,5H2,1-4H3. The Hall–Kier alpha value is -1.95. The van der Waals surface area contributed by atoms with Crippen LogP contribution in [0.2, 0.25) is 5.28 Å². The average molecular weight is 309 g/mol. The van der Waals surface area contributed by atoms with Crippen LogP contribution in [0.25, 0.3) is 0 Å². The molecule has 0 amide bonds. The van der Waals surface area contributed by atoms with Gasteiger partial charge in [0.15, 0.2) is 5.75 Å². The van der Waals surface area contributed by atoms with E-state index in [1.165, 1.54) is 0 Å². The molecule has 0 bridgehead atoms. The maximum absolute atomic E-state index is 5.86. The molecule has 0 spiro atoms. The molecule has 2 rings (SSSR count). The zero-order chi connectivity index (χ0) is 15.4. The number of hydrogen-bond acceptors (Lipinski definition) is 6. The first kappa shape index (κ1) is 15.4. The first-order valence-electron chi connectivity index (χ1n) is 6.70. The van der Waals surface area contributed by atoms with Gasteiger partial charge >= 0.3 is 12.0 Å². The summed E-state index contributed by atoms with van der Waals surface area (Å²) >= 11 is 5.86. The number of hydrogen-bond donors (Lipinski definition) is 0. The van der Waals surface area contributed by atoms with Gasteiger partial charge in [-0.05, 0) is 50.9 Å². The van der Waals surface area contributed by atoms with Crippen LogP contribution in [0.4, 0.5) is 0 Å². The third-order valence-electron chi connectivity index (χ3n) is 2.52. The van der Waals surface area contributed by atoms with Crippen LogP contribution in [0, 0.1) is 6.92 Å². The van der Waals surface area contributed by atoms with Crippen molar-refractivity contribution in [3.63, 3.8) is 0 Å². The van der Waals surface area contributed by atoms with Crippen LogP contribution in [0.1, 0.15) is 32.2 Å². The Morgan fingerprint density at radius 2 is 1.81 bits per heavy atom. The minimum Gasteiger partial charge on any atom is -0.461 e. The van der Waals surface area contributed by atoms with Crippen LogP contribution in [0.3, 0.4) is 0 Å². The fourth-order valence-electron chi connectivity index (χ4n) is 1.67. The van der Waals surface area contributed by atoms with Gasteiger partial charge in [0.05, 0.1) is 11.8 Å². The second-order valence-corrected chi connectivity index (χ2v) is 5.03. The van der Waals surface area contributed by atoms with Gasteiger partial charge in [0, 0.05) is 5.69 Å². The number of aromatic nitrogens is 4. The predicted octanol–water partition coefficient (Wildman–Crippen LogP) is 3.37. The summed E-state index contributed by atoms with van der Waals surface area (Å²) in [4.78, 5) is 16.4. The monoisotopic (exact) mass is 308 g/mol. The highest BCUT2D eigenvalue weighted by molar-refractivity contribution is 6.28. The zero-order valence-electron chi connectivity index (χ0n) is 12.4. The zero-order valence-corrected chi connectivity index (χ0v) is 13.2. The summed E-state index contributed by atoms with van der Waals surface area (Å²) in [6, 6.07) is 3.93. The SMILES string of the molecule is CCc1nc(C)ccc1Oc1nc(Cl)nc(OC(C)C)n1. The molecule has 0 aliphatic rings. The van der Waals surface area contributed by atoms with Crippen LogP contribution in [-0.2, 0) is 6.42 Å². The quantitative estimate of drug-likeness (QED) is 0.843. The van der Waals surface area contributed by atoms with Crippen LogP contribution in [-0.4, -0.2) is 26.0 Å². The second kappa shape index (κ2) is 6.67. The maximum Gasteiger partial charge on any atom is 0.329 e. The van der Waals surface area contributed by atoms with E-state index in [1.807, 2.05) is 39.8 Å². The van der Waals surface area contributed by atoms with Crippen molar-refractivity contribution in [3.05, 3.63) is 28.8 Å². The van der Waals surface area contributed by atoms with Crippen LogP contribution < -0.4 is 9.47 Å². The van der Waals surface area contributed by atoms with E-state index >= 15 is 0 Å². The normalized spacial score (nSPS) is 10.8. The third-order valence-corrected chi connectivity index (χ3v) is 2.69. The molecule has 0 aliphatic carbocycles. The Bertz CT molecular complexity index is 634. The van der Waals surface area contributed by atoms with Crippen molar-refractivity contribution < 1.29 is 9.47 Å². The number of nitrogens with zero attached hydrogens (tertiary/aromatic N) is 4. The topological polar surface area (TPSA) is 70.0 Å². The minimum absolute atomic E-state index is 0.0220. The summed E-state index contributed by atoms with van der Waals surface area (Å²) in [5.41, 5.74) is 1.76. The van der Waals surface area contributed by atoms with Gasteiger partial charge in [-0.2, -0.15) is 9.97 Å². The lowest BCUT2D eigenvalue weighted by molar-refractivity contribution is 0.218. The molecule has 7 heteroatoms. The molecular formula is C14H17ClN4O2. The van der Waals surface area contributed by atoms with Crippen LogP contribution in [0.5, 0.6) is 17.8 Å². The third kappa shape index (κ3) is 4.26. The van der Waals surface area contributed by atoms with Crippen molar-refractivity contribution in [2.75, 3.05) is 0 Å². The van der Waals surface area contributed by atoms with Gasteiger partial charge in [0.25, 0.3) is 0 Å². The van der Waals surface area contributed by atoms with Gasteiger partial charge in [-0.3, -0.25) is 4.98 Å². The molecule has 0 saturated heterocycles. The van der Waals surface area contributed by atoms with E-state index in [4.69, 9.17) is 21.1 Å². The predicted molar refractivity (Wildman–Crippen MR) is 79.0 cm³/mol. The summed E-state index contributed by atoms with van der Waals surface area (Å²) in [5.74, 6) is 0.598. The number of halogens is 1. The molecule has 0 aromatic carbocycles. The molecule has 112 valence electrons. The summed E-state index contributed by atoms with van der Waals surface area (Å²) in [6.07, 6.45) is 0.675. The molecule has 21 heavy (non-hydrogen) atoms. The van der Waals surface area contributed by atoms with E-state index in [9.17, 15) is 0 Å². The molecule has 0 atom stereocenters. The molecule has 2 aromatic heterocycles. The molecule has 2 aromatic rings. The van der Waals surface area contributed by atoms with E-state index in [1.54, 1.807) is 0 Å². The molecule has 0 unspecified atom stereocenters. The highest BCUT2D eigenvalue weighted by atomic mass is 35.5. The first-order chi connectivity index (χ1) is 9.97. The molecule has 2 heterocycles. The van der Waals surface area contributed by atoms with E-state index in [-0.39, 0.29) is 23.4 Å². The fourth-order valence-corrected chi connectivity index (χ4v) is 1.81. The van der Waals surface area contributed by atoms with Crippen molar-refractivity contribution in [2.45, 2.75) is 40.2 Å². The molecule has 6 nitrogen and oxygen atoms in total. The number of aryl methyl sites for hydroxylation is 2. The Morgan fingerprint density at radius 1 is 1.10 bits per heavy atom. The lowest BCUT2D eigenvalue weighted by atomic mass is 10.2. The van der Waals surface area contributed by atoms with Crippen molar-refractivity contribution >= 4 is 11.6 Å².